The van der Waals surface area contributed by atoms with Crippen LogP contribution in [0.2, 0.25) is 0 Å². The van der Waals surface area contributed by atoms with Crippen LogP contribution in [0, 0.1) is 11.6 Å². The monoisotopic (exact) mass is 549 g/mol. The third-order valence-corrected chi connectivity index (χ3v) is 10.1. The second-order valence-electron chi connectivity index (χ2n) is 10.4. The van der Waals surface area contributed by atoms with E-state index in [0.29, 0.717) is 18.4 Å². The van der Waals surface area contributed by atoms with E-state index < -0.39 is 49.7 Å². The SMILES string of the molecule is COCC1(O)CC(c2n[nH]c(=O)o2)(c2cc(F)c(CN3C(C)CCC(c4ccccc4)S3(=O)=O)cc2F)C1. The average Bonchev–Trinajstić information content (AvgIpc) is 3.29. The summed E-state index contributed by atoms with van der Waals surface area (Å²) in [5.41, 5.74) is -2.37. The number of nitrogens with zero attached hydrogens (tertiary/aromatic N) is 2. The fraction of sp³-hybridized carbons (Fsp3) is 0.462. The molecule has 5 rings (SSSR count). The van der Waals surface area contributed by atoms with Crippen molar-refractivity contribution in [3.05, 3.63) is 87.2 Å². The first-order chi connectivity index (χ1) is 18.0. The van der Waals surface area contributed by atoms with Crippen LogP contribution in [-0.4, -0.2) is 53.4 Å². The molecule has 204 valence electrons. The molecule has 1 saturated heterocycles. The minimum Gasteiger partial charge on any atom is -0.391 e. The van der Waals surface area contributed by atoms with Crippen molar-refractivity contribution < 1.29 is 31.5 Å². The fourth-order valence-electron chi connectivity index (χ4n) is 5.93. The summed E-state index contributed by atoms with van der Waals surface area (Å²) in [6.45, 7) is 1.35. The molecule has 0 radical (unpaired) electrons. The Balaban J connectivity index is 1.49. The molecule has 9 nitrogen and oxygen atoms in total. The van der Waals surface area contributed by atoms with Gasteiger partial charge in [0.15, 0.2) is 0 Å². The molecule has 2 heterocycles. The van der Waals surface area contributed by atoms with Crippen molar-refractivity contribution in [1.82, 2.24) is 14.5 Å². The molecule has 0 spiro atoms. The molecule has 1 saturated carbocycles. The molecule has 2 atom stereocenters. The van der Waals surface area contributed by atoms with Gasteiger partial charge in [0, 0.05) is 30.8 Å². The molecule has 2 aromatic carbocycles. The molecular weight excluding hydrogens is 520 g/mol. The van der Waals surface area contributed by atoms with E-state index in [1.165, 1.54) is 11.4 Å². The molecule has 12 heteroatoms. The van der Waals surface area contributed by atoms with Crippen molar-refractivity contribution in [2.75, 3.05) is 13.7 Å². The number of halogens is 2. The van der Waals surface area contributed by atoms with Crippen molar-refractivity contribution >= 4 is 10.0 Å². The van der Waals surface area contributed by atoms with Crippen LogP contribution in [0.5, 0.6) is 0 Å². The van der Waals surface area contributed by atoms with Crippen LogP contribution in [0.1, 0.15) is 60.4 Å². The van der Waals surface area contributed by atoms with Gasteiger partial charge in [0.25, 0.3) is 0 Å². The van der Waals surface area contributed by atoms with Crippen molar-refractivity contribution in [1.29, 1.82) is 0 Å². The average molecular weight is 550 g/mol. The molecule has 2 aliphatic rings. The Hall–Kier alpha value is -2.93. The molecule has 0 bridgehead atoms. The smallest absolute Gasteiger partial charge is 0.391 e. The van der Waals surface area contributed by atoms with Crippen molar-refractivity contribution in [3.63, 3.8) is 0 Å². The molecule has 1 aromatic heterocycles. The number of sulfonamides is 1. The number of hydrogen-bond acceptors (Lipinski definition) is 7. The number of H-pyrrole nitrogens is 1. The maximum absolute atomic E-state index is 15.7. The quantitative estimate of drug-likeness (QED) is 0.464. The van der Waals surface area contributed by atoms with Crippen molar-refractivity contribution in [3.8, 4) is 0 Å². The summed E-state index contributed by atoms with van der Waals surface area (Å²) in [5, 5.41) is 15.9. The molecule has 0 amide bonds. The lowest BCUT2D eigenvalue weighted by Gasteiger charge is -2.51. The number of methoxy groups -OCH3 is 1. The number of nitrogens with one attached hydrogen (secondary N) is 1. The summed E-state index contributed by atoms with van der Waals surface area (Å²) in [7, 11) is -2.45. The van der Waals surface area contributed by atoms with Crippen LogP contribution < -0.4 is 5.76 Å². The van der Waals surface area contributed by atoms with E-state index in [-0.39, 0.29) is 43.0 Å². The normalized spacial score (nSPS) is 29.2. The lowest BCUT2D eigenvalue weighted by atomic mass is 9.56. The summed E-state index contributed by atoms with van der Waals surface area (Å²) in [6.07, 6.45) is 0.767. The third-order valence-electron chi connectivity index (χ3n) is 7.70. The Bertz CT molecular complexity index is 1480. The maximum Gasteiger partial charge on any atom is 0.434 e. The van der Waals surface area contributed by atoms with E-state index in [0.717, 1.165) is 12.1 Å². The van der Waals surface area contributed by atoms with E-state index in [1.807, 2.05) is 0 Å². The van der Waals surface area contributed by atoms with Gasteiger partial charge in [0.1, 0.15) is 16.9 Å². The topological polar surface area (TPSA) is 126 Å². The Morgan fingerprint density at radius 3 is 2.53 bits per heavy atom. The zero-order chi connectivity index (χ0) is 27.3. The number of benzene rings is 2. The van der Waals surface area contributed by atoms with Gasteiger partial charge in [-0.3, -0.25) is 0 Å². The maximum atomic E-state index is 15.7. The summed E-state index contributed by atoms with van der Waals surface area (Å²) in [6, 6.07) is 10.4. The fourth-order valence-corrected chi connectivity index (χ4v) is 8.12. The van der Waals surface area contributed by atoms with Gasteiger partial charge in [-0.1, -0.05) is 30.3 Å². The number of aromatic nitrogens is 2. The van der Waals surface area contributed by atoms with Crippen LogP contribution >= 0.6 is 0 Å². The van der Waals surface area contributed by atoms with Crippen LogP contribution in [-0.2, 0) is 26.7 Å². The third kappa shape index (κ3) is 4.49. The highest BCUT2D eigenvalue weighted by Crippen LogP contribution is 2.54. The second kappa shape index (κ2) is 9.67. The summed E-state index contributed by atoms with van der Waals surface area (Å²) in [5.74, 6) is -2.68. The number of rotatable bonds is 7. The minimum absolute atomic E-state index is 0.0567. The van der Waals surface area contributed by atoms with Crippen LogP contribution in [0.4, 0.5) is 8.78 Å². The van der Waals surface area contributed by atoms with E-state index >= 15 is 8.78 Å². The van der Waals surface area contributed by atoms with Crippen LogP contribution in [0.25, 0.3) is 0 Å². The Kier molecular flexibility index (Phi) is 6.79. The van der Waals surface area contributed by atoms with E-state index in [2.05, 4.69) is 10.2 Å². The van der Waals surface area contributed by atoms with E-state index in [9.17, 15) is 18.3 Å². The van der Waals surface area contributed by atoms with Gasteiger partial charge in [-0.2, -0.15) is 4.31 Å². The van der Waals surface area contributed by atoms with E-state index in [4.69, 9.17) is 9.15 Å². The Labute approximate surface area is 218 Å². The molecule has 2 N–H and O–H groups in total. The van der Waals surface area contributed by atoms with Crippen LogP contribution in [0.3, 0.4) is 0 Å². The zero-order valence-corrected chi connectivity index (χ0v) is 21.8. The Morgan fingerprint density at radius 1 is 1.18 bits per heavy atom. The second-order valence-corrected chi connectivity index (χ2v) is 12.4. The molecule has 38 heavy (non-hydrogen) atoms. The predicted molar refractivity (Wildman–Crippen MR) is 133 cm³/mol. The molecule has 2 fully saturated rings. The first-order valence-electron chi connectivity index (χ1n) is 12.3. The summed E-state index contributed by atoms with van der Waals surface area (Å²) in [4.78, 5) is 11.6. The number of aromatic amines is 1. The van der Waals surface area contributed by atoms with E-state index in [1.54, 1.807) is 37.3 Å². The number of ether oxygens (including phenoxy) is 1. The molecule has 1 aliphatic carbocycles. The highest BCUT2D eigenvalue weighted by molar-refractivity contribution is 7.89. The van der Waals surface area contributed by atoms with Gasteiger partial charge in [0.2, 0.25) is 15.9 Å². The van der Waals surface area contributed by atoms with Crippen LogP contribution in [0.15, 0.2) is 51.7 Å². The molecule has 1 aliphatic heterocycles. The Morgan fingerprint density at radius 2 is 1.89 bits per heavy atom. The van der Waals surface area contributed by atoms with Gasteiger partial charge in [-0.15, -0.1) is 5.10 Å². The van der Waals surface area contributed by atoms with Gasteiger partial charge in [0.05, 0.1) is 17.6 Å². The minimum atomic E-state index is -3.85. The number of hydrogen-bond donors (Lipinski definition) is 2. The van der Waals surface area contributed by atoms with Gasteiger partial charge >= 0.3 is 5.76 Å². The first kappa shape index (κ1) is 26.7. The highest BCUT2D eigenvalue weighted by Gasteiger charge is 2.60. The lowest BCUT2D eigenvalue weighted by molar-refractivity contribution is -0.125. The lowest BCUT2D eigenvalue weighted by Crippen LogP contribution is -2.58. The molecular formula is C26H29F2N3O6S. The zero-order valence-electron chi connectivity index (χ0n) is 21.0. The predicted octanol–water partition coefficient (Wildman–Crippen LogP) is 3.15. The van der Waals surface area contributed by atoms with Gasteiger partial charge < -0.3 is 14.3 Å². The highest BCUT2D eigenvalue weighted by atomic mass is 32.2. The van der Waals surface area contributed by atoms with Gasteiger partial charge in [-0.25, -0.2) is 27.1 Å². The first-order valence-corrected chi connectivity index (χ1v) is 13.8. The molecule has 2 unspecified atom stereocenters. The summed E-state index contributed by atoms with van der Waals surface area (Å²) >= 11 is 0. The van der Waals surface area contributed by atoms with Crippen molar-refractivity contribution in [2.45, 2.75) is 61.5 Å². The number of aliphatic hydroxyl groups is 1. The van der Waals surface area contributed by atoms with Crippen molar-refractivity contribution in [2.24, 2.45) is 0 Å². The standard InChI is InChI=1S/C26H29F2N3O6S/c1-16-8-9-22(17-6-4-3-5-7-17)38(34,35)31(16)12-18-10-21(28)19(11-20(18)27)26(23-29-30-24(32)37-23)13-25(33,14-26)15-36-2/h3-7,10-11,16,22,33H,8-9,12-15H2,1-2H3,(H,30,32). The molecule has 3 aromatic rings. The van der Waals surface area contributed by atoms with Gasteiger partial charge in [-0.05, 0) is 50.3 Å². The summed E-state index contributed by atoms with van der Waals surface area (Å²) < 4.78 is 69.7. The largest absolute Gasteiger partial charge is 0.434 e.